The summed E-state index contributed by atoms with van der Waals surface area (Å²) in [5, 5.41) is 6.08. The van der Waals surface area contributed by atoms with E-state index in [1.807, 2.05) is 0 Å². The number of carbonyl (C=O) groups is 1. The highest BCUT2D eigenvalue weighted by atomic mass is 32.1. The predicted octanol–water partition coefficient (Wildman–Crippen LogP) is 3.87. The number of aromatic nitrogens is 2. The van der Waals surface area contributed by atoms with Crippen molar-refractivity contribution in [2.24, 2.45) is 5.10 Å². The van der Waals surface area contributed by atoms with Gasteiger partial charge in [-0.15, -0.1) is 0 Å². The van der Waals surface area contributed by atoms with Crippen LogP contribution < -0.4 is 10.7 Å². The van der Waals surface area contributed by atoms with E-state index in [0.29, 0.717) is 16.7 Å². The molecular weight excluding hydrogens is 355 g/mol. The van der Waals surface area contributed by atoms with Crippen molar-refractivity contribution in [2.45, 2.75) is 6.18 Å². The molecule has 2 aromatic carbocycles. The van der Waals surface area contributed by atoms with E-state index in [4.69, 9.17) is 0 Å². The smallest absolute Gasteiger partial charge is 0.304 e. The molecule has 3 aromatic rings. The molecule has 0 radical (unpaired) electrons. The Labute approximate surface area is 143 Å². The predicted molar refractivity (Wildman–Crippen MR) is 88.6 cm³/mol. The van der Waals surface area contributed by atoms with Crippen LogP contribution in [0.2, 0.25) is 0 Å². The summed E-state index contributed by atoms with van der Waals surface area (Å²) >= 11 is 1.01. The molecule has 25 heavy (non-hydrogen) atoms. The summed E-state index contributed by atoms with van der Waals surface area (Å²) in [5.41, 5.74) is 2.71. The molecule has 10 heteroatoms. The van der Waals surface area contributed by atoms with Crippen molar-refractivity contribution in [1.82, 2.24) is 14.2 Å². The van der Waals surface area contributed by atoms with Gasteiger partial charge < -0.3 is 5.32 Å². The number of alkyl halides is 3. The lowest BCUT2D eigenvalue weighted by molar-refractivity contribution is -0.137. The van der Waals surface area contributed by atoms with E-state index in [0.717, 1.165) is 24.0 Å². The van der Waals surface area contributed by atoms with Gasteiger partial charge in [-0.1, -0.05) is 24.3 Å². The first-order chi connectivity index (χ1) is 11.9. The van der Waals surface area contributed by atoms with Crippen LogP contribution in [0.15, 0.2) is 47.6 Å². The third-order valence-corrected chi connectivity index (χ3v) is 3.71. The summed E-state index contributed by atoms with van der Waals surface area (Å²) in [7, 11) is 0. The van der Waals surface area contributed by atoms with Gasteiger partial charge in [0.15, 0.2) is 0 Å². The molecule has 0 saturated heterocycles. The highest BCUT2D eigenvalue weighted by Gasteiger charge is 2.32. The fraction of sp³-hybridized carbons (Fsp3) is 0.0667. The Morgan fingerprint density at radius 3 is 2.72 bits per heavy atom. The molecule has 0 saturated carbocycles. The minimum absolute atomic E-state index is 0.152. The highest BCUT2D eigenvalue weighted by molar-refractivity contribution is 7.00. The summed E-state index contributed by atoms with van der Waals surface area (Å²) in [6, 6.07) is 9.30. The van der Waals surface area contributed by atoms with E-state index in [1.54, 1.807) is 18.2 Å². The lowest BCUT2D eigenvalue weighted by atomic mass is 10.1. The Balaban J connectivity index is 1.69. The van der Waals surface area contributed by atoms with E-state index in [-0.39, 0.29) is 5.56 Å². The number of hydrazone groups is 1. The van der Waals surface area contributed by atoms with Crippen molar-refractivity contribution < 1.29 is 18.0 Å². The second-order valence-electron chi connectivity index (χ2n) is 4.85. The maximum absolute atomic E-state index is 12.9. The molecular formula is C15H10F3N5OS. The number of hydrogen-bond donors (Lipinski definition) is 2. The number of hydrogen-bond acceptors (Lipinski definition) is 5. The summed E-state index contributed by atoms with van der Waals surface area (Å²) in [6.45, 7) is 0. The molecule has 0 aliphatic rings. The number of benzene rings is 2. The first-order valence-corrected chi connectivity index (χ1v) is 7.66. The van der Waals surface area contributed by atoms with Crippen LogP contribution in [0.5, 0.6) is 0 Å². The number of anilines is 1. The molecule has 0 atom stereocenters. The zero-order chi connectivity index (χ0) is 17.9. The minimum Gasteiger partial charge on any atom is -0.304 e. The van der Waals surface area contributed by atoms with Crippen LogP contribution in [0.3, 0.4) is 0 Å². The van der Waals surface area contributed by atoms with Gasteiger partial charge in [-0.3, -0.25) is 0 Å². The Bertz CT molecular complexity index is 938. The fourth-order valence-electron chi connectivity index (χ4n) is 2.09. The van der Waals surface area contributed by atoms with Gasteiger partial charge in [-0.05, 0) is 18.2 Å². The van der Waals surface area contributed by atoms with Crippen LogP contribution in [0.4, 0.5) is 23.7 Å². The van der Waals surface area contributed by atoms with Crippen molar-refractivity contribution in [3.63, 3.8) is 0 Å². The third-order valence-electron chi connectivity index (χ3n) is 3.17. The van der Waals surface area contributed by atoms with E-state index in [9.17, 15) is 18.0 Å². The topological polar surface area (TPSA) is 79.3 Å². The zero-order valence-electron chi connectivity index (χ0n) is 12.4. The van der Waals surface area contributed by atoms with Crippen LogP contribution in [-0.4, -0.2) is 21.0 Å². The average Bonchev–Trinajstić information content (AvgIpc) is 3.04. The van der Waals surface area contributed by atoms with Crippen molar-refractivity contribution in [3.05, 3.63) is 53.6 Å². The molecule has 3 rings (SSSR count). The standard InChI is InChI=1S/C15H10F3N5OS/c16-15(17,18)10-5-2-1-4-9(10)8-19-21-14(24)20-11-6-3-7-12-13(11)23-25-22-12/h1-8H,(H2,20,21,24)/b19-8-. The second-order valence-corrected chi connectivity index (χ2v) is 5.38. The fourth-order valence-corrected chi connectivity index (χ4v) is 2.64. The summed E-state index contributed by atoms with van der Waals surface area (Å²) in [5.74, 6) is 0. The molecule has 0 bridgehead atoms. The molecule has 0 unspecified atom stereocenters. The number of carbonyl (C=O) groups excluding carboxylic acids is 1. The van der Waals surface area contributed by atoms with E-state index < -0.39 is 17.8 Å². The van der Waals surface area contributed by atoms with Crippen LogP contribution >= 0.6 is 11.7 Å². The quantitative estimate of drug-likeness (QED) is 0.546. The molecule has 0 spiro atoms. The van der Waals surface area contributed by atoms with Gasteiger partial charge in [0.1, 0.15) is 11.0 Å². The van der Waals surface area contributed by atoms with Gasteiger partial charge in [0.25, 0.3) is 0 Å². The van der Waals surface area contributed by atoms with Crippen molar-refractivity contribution in [2.75, 3.05) is 5.32 Å². The molecule has 0 aliphatic heterocycles. The lowest BCUT2D eigenvalue weighted by Crippen LogP contribution is -2.24. The Morgan fingerprint density at radius 1 is 1.12 bits per heavy atom. The number of nitrogens with zero attached hydrogens (tertiary/aromatic N) is 3. The SMILES string of the molecule is O=C(N/N=C\c1ccccc1C(F)(F)F)Nc1cccc2nsnc12. The maximum atomic E-state index is 12.9. The third kappa shape index (κ3) is 3.91. The Kier molecular flexibility index (Phi) is 4.61. The molecule has 0 fully saturated rings. The molecule has 128 valence electrons. The number of amides is 2. The summed E-state index contributed by atoms with van der Waals surface area (Å²) < 4.78 is 46.7. The van der Waals surface area contributed by atoms with Gasteiger partial charge >= 0.3 is 12.2 Å². The van der Waals surface area contributed by atoms with Crippen molar-refractivity contribution >= 4 is 40.7 Å². The van der Waals surface area contributed by atoms with Crippen LogP contribution in [-0.2, 0) is 6.18 Å². The van der Waals surface area contributed by atoms with E-state index in [2.05, 4.69) is 24.6 Å². The van der Waals surface area contributed by atoms with Crippen LogP contribution in [0.25, 0.3) is 11.0 Å². The first-order valence-electron chi connectivity index (χ1n) is 6.93. The van der Waals surface area contributed by atoms with E-state index in [1.165, 1.54) is 18.2 Å². The molecule has 2 amide bonds. The molecule has 2 N–H and O–H groups in total. The number of rotatable bonds is 3. The molecule has 0 aliphatic carbocycles. The number of urea groups is 1. The van der Waals surface area contributed by atoms with Crippen LogP contribution in [0, 0.1) is 0 Å². The summed E-state index contributed by atoms with van der Waals surface area (Å²) in [6.07, 6.45) is -3.56. The van der Waals surface area contributed by atoms with Crippen molar-refractivity contribution in [1.29, 1.82) is 0 Å². The van der Waals surface area contributed by atoms with Gasteiger partial charge in [-0.2, -0.15) is 27.0 Å². The largest absolute Gasteiger partial charge is 0.417 e. The molecule has 1 aromatic heterocycles. The normalized spacial score (nSPS) is 11.8. The molecule has 1 heterocycles. The van der Waals surface area contributed by atoms with Gasteiger partial charge in [0, 0.05) is 5.56 Å². The van der Waals surface area contributed by atoms with Crippen molar-refractivity contribution in [3.8, 4) is 0 Å². The number of fused-ring (bicyclic) bond motifs is 1. The monoisotopic (exact) mass is 365 g/mol. The molecule has 6 nitrogen and oxygen atoms in total. The zero-order valence-corrected chi connectivity index (χ0v) is 13.2. The minimum atomic E-state index is -4.50. The average molecular weight is 365 g/mol. The Morgan fingerprint density at radius 2 is 1.92 bits per heavy atom. The number of halogens is 3. The maximum Gasteiger partial charge on any atom is 0.417 e. The van der Waals surface area contributed by atoms with Gasteiger partial charge in [0.05, 0.1) is 29.2 Å². The Hall–Kier alpha value is -3.01. The van der Waals surface area contributed by atoms with Crippen LogP contribution in [0.1, 0.15) is 11.1 Å². The summed E-state index contributed by atoms with van der Waals surface area (Å²) in [4.78, 5) is 11.8. The van der Waals surface area contributed by atoms with E-state index >= 15 is 0 Å². The number of nitrogens with one attached hydrogen (secondary N) is 2. The first kappa shape index (κ1) is 16.8. The van der Waals surface area contributed by atoms with Gasteiger partial charge in [-0.25, -0.2) is 10.2 Å². The van der Waals surface area contributed by atoms with Gasteiger partial charge in [0.2, 0.25) is 0 Å². The highest BCUT2D eigenvalue weighted by Crippen LogP contribution is 2.31. The lowest BCUT2D eigenvalue weighted by Gasteiger charge is -2.09. The second kappa shape index (κ2) is 6.85.